The van der Waals surface area contributed by atoms with Crippen molar-refractivity contribution in [3.8, 4) is 0 Å². The van der Waals surface area contributed by atoms with Gasteiger partial charge in [-0.3, -0.25) is 9.59 Å². The van der Waals surface area contributed by atoms with E-state index in [2.05, 4.69) is 6.92 Å². The van der Waals surface area contributed by atoms with E-state index in [0.717, 1.165) is 17.7 Å². The minimum Gasteiger partial charge on any atom is -0.481 e. The Morgan fingerprint density at radius 3 is 2.27 bits per heavy atom. The fourth-order valence-corrected chi connectivity index (χ4v) is 2.47. The van der Waals surface area contributed by atoms with Gasteiger partial charge in [0.05, 0.1) is 13.0 Å². The lowest BCUT2D eigenvalue weighted by Gasteiger charge is -2.29. The number of carbonyl (C=O) groups is 2. The van der Waals surface area contributed by atoms with Crippen LogP contribution in [0.5, 0.6) is 0 Å². The standard InChI is InChI=1S/C17H26N2O3/c1-4-14-9-7-8-10-15(14)19(12-11-17(21)22)13-16(20)18(5-2)6-3/h7-10H,4-6,11-13H2,1-3H3,(H,21,22). The maximum absolute atomic E-state index is 12.4. The number of rotatable bonds is 9. The highest BCUT2D eigenvalue weighted by Crippen LogP contribution is 2.21. The smallest absolute Gasteiger partial charge is 0.305 e. The van der Waals surface area contributed by atoms with Crippen LogP contribution in [0.3, 0.4) is 0 Å². The summed E-state index contributed by atoms with van der Waals surface area (Å²) in [5.41, 5.74) is 2.08. The number of aliphatic carboxylic acids is 1. The number of para-hydroxylation sites is 1. The van der Waals surface area contributed by atoms with Gasteiger partial charge in [0.2, 0.25) is 5.91 Å². The lowest BCUT2D eigenvalue weighted by molar-refractivity contribution is -0.137. The maximum Gasteiger partial charge on any atom is 0.305 e. The van der Waals surface area contributed by atoms with Crippen molar-refractivity contribution in [2.45, 2.75) is 33.6 Å². The molecule has 5 nitrogen and oxygen atoms in total. The molecule has 0 aromatic heterocycles. The molecule has 1 aromatic carbocycles. The molecule has 5 heteroatoms. The minimum absolute atomic E-state index is 0.0174. The van der Waals surface area contributed by atoms with Gasteiger partial charge in [0, 0.05) is 25.3 Å². The molecule has 1 N–H and O–H groups in total. The second-order valence-electron chi connectivity index (χ2n) is 5.11. The van der Waals surface area contributed by atoms with Gasteiger partial charge in [-0.05, 0) is 31.9 Å². The number of carbonyl (C=O) groups excluding carboxylic acids is 1. The van der Waals surface area contributed by atoms with Crippen molar-refractivity contribution in [2.75, 3.05) is 31.1 Å². The summed E-state index contributed by atoms with van der Waals surface area (Å²) in [6.07, 6.45) is 0.864. The molecular formula is C17H26N2O3. The second kappa shape index (κ2) is 9.07. The molecule has 1 aromatic rings. The lowest BCUT2D eigenvalue weighted by atomic mass is 10.1. The first kappa shape index (κ1) is 18.0. The zero-order valence-electron chi connectivity index (χ0n) is 13.7. The van der Waals surface area contributed by atoms with Gasteiger partial charge < -0.3 is 14.9 Å². The predicted molar refractivity (Wildman–Crippen MR) is 88.2 cm³/mol. The minimum atomic E-state index is -0.853. The van der Waals surface area contributed by atoms with Crippen molar-refractivity contribution in [3.05, 3.63) is 29.8 Å². The van der Waals surface area contributed by atoms with Gasteiger partial charge in [-0.1, -0.05) is 25.1 Å². The Balaban J connectivity index is 2.97. The van der Waals surface area contributed by atoms with E-state index in [1.54, 1.807) is 4.90 Å². The van der Waals surface area contributed by atoms with Crippen LogP contribution in [0.4, 0.5) is 5.69 Å². The van der Waals surface area contributed by atoms with E-state index in [1.165, 1.54) is 0 Å². The van der Waals surface area contributed by atoms with Crippen molar-refractivity contribution in [3.63, 3.8) is 0 Å². The van der Waals surface area contributed by atoms with Crippen molar-refractivity contribution >= 4 is 17.6 Å². The zero-order valence-corrected chi connectivity index (χ0v) is 13.7. The number of anilines is 1. The number of benzene rings is 1. The van der Waals surface area contributed by atoms with E-state index in [1.807, 2.05) is 43.0 Å². The SMILES string of the molecule is CCc1ccccc1N(CCC(=O)O)CC(=O)N(CC)CC. The molecule has 0 aliphatic carbocycles. The Kier molecular flexibility index (Phi) is 7.43. The van der Waals surface area contributed by atoms with E-state index in [0.29, 0.717) is 19.6 Å². The third-order valence-electron chi connectivity index (χ3n) is 3.75. The molecule has 0 spiro atoms. The van der Waals surface area contributed by atoms with Crippen LogP contribution >= 0.6 is 0 Å². The van der Waals surface area contributed by atoms with Crippen LogP contribution < -0.4 is 4.90 Å². The number of aryl methyl sites for hydroxylation is 1. The highest BCUT2D eigenvalue weighted by Gasteiger charge is 2.18. The molecule has 0 heterocycles. The van der Waals surface area contributed by atoms with Gasteiger partial charge in [0.1, 0.15) is 0 Å². The van der Waals surface area contributed by atoms with E-state index >= 15 is 0 Å². The van der Waals surface area contributed by atoms with Crippen LogP contribution in [-0.4, -0.2) is 48.1 Å². The van der Waals surface area contributed by atoms with Gasteiger partial charge in [-0.25, -0.2) is 0 Å². The summed E-state index contributed by atoms with van der Waals surface area (Å²) >= 11 is 0. The van der Waals surface area contributed by atoms with E-state index in [4.69, 9.17) is 5.11 Å². The Morgan fingerprint density at radius 1 is 1.09 bits per heavy atom. The number of hydrogen-bond donors (Lipinski definition) is 1. The first-order valence-corrected chi connectivity index (χ1v) is 7.85. The highest BCUT2D eigenvalue weighted by molar-refractivity contribution is 5.82. The van der Waals surface area contributed by atoms with E-state index in [9.17, 15) is 9.59 Å². The first-order chi connectivity index (χ1) is 10.5. The summed E-state index contributed by atoms with van der Waals surface area (Å²) in [7, 11) is 0. The van der Waals surface area contributed by atoms with Crippen LogP contribution in [0.25, 0.3) is 0 Å². The van der Waals surface area contributed by atoms with Crippen LogP contribution in [0, 0.1) is 0 Å². The number of likely N-dealkylation sites (N-methyl/N-ethyl adjacent to an activating group) is 1. The summed E-state index contributed by atoms with van der Waals surface area (Å²) in [5.74, 6) is -0.824. The zero-order chi connectivity index (χ0) is 16.5. The summed E-state index contributed by atoms with van der Waals surface area (Å²) in [4.78, 5) is 26.9. The summed E-state index contributed by atoms with van der Waals surface area (Å²) < 4.78 is 0. The van der Waals surface area contributed by atoms with E-state index < -0.39 is 5.97 Å². The quantitative estimate of drug-likeness (QED) is 0.761. The molecule has 0 saturated heterocycles. The largest absolute Gasteiger partial charge is 0.481 e. The third-order valence-corrected chi connectivity index (χ3v) is 3.75. The summed E-state index contributed by atoms with van der Waals surface area (Å²) in [5, 5.41) is 8.95. The molecular weight excluding hydrogens is 280 g/mol. The molecule has 0 aliphatic heterocycles. The normalized spacial score (nSPS) is 10.3. The highest BCUT2D eigenvalue weighted by atomic mass is 16.4. The van der Waals surface area contributed by atoms with Crippen molar-refractivity contribution in [1.82, 2.24) is 4.90 Å². The van der Waals surface area contributed by atoms with Crippen LogP contribution in [0.15, 0.2) is 24.3 Å². The average Bonchev–Trinajstić information content (AvgIpc) is 2.52. The average molecular weight is 306 g/mol. The molecule has 0 atom stereocenters. The second-order valence-corrected chi connectivity index (χ2v) is 5.11. The van der Waals surface area contributed by atoms with E-state index in [-0.39, 0.29) is 18.9 Å². The third kappa shape index (κ3) is 5.06. The Bertz CT molecular complexity index is 498. The molecule has 0 fully saturated rings. The van der Waals surface area contributed by atoms with Gasteiger partial charge in [0.15, 0.2) is 0 Å². The molecule has 0 saturated carbocycles. The molecule has 0 unspecified atom stereocenters. The topological polar surface area (TPSA) is 60.9 Å². The number of hydrogen-bond acceptors (Lipinski definition) is 3. The van der Waals surface area contributed by atoms with Crippen LogP contribution in [0.2, 0.25) is 0 Å². The molecule has 0 aliphatic rings. The monoisotopic (exact) mass is 306 g/mol. The van der Waals surface area contributed by atoms with Crippen molar-refractivity contribution in [2.24, 2.45) is 0 Å². The van der Waals surface area contributed by atoms with Gasteiger partial charge in [-0.2, -0.15) is 0 Å². The van der Waals surface area contributed by atoms with Gasteiger partial charge in [0.25, 0.3) is 0 Å². The number of nitrogens with zero attached hydrogens (tertiary/aromatic N) is 2. The first-order valence-electron chi connectivity index (χ1n) is 7.85. The van der Waals surface area contributed by atoms with Crippen molar-refractivity contribution < 1.29 is 14.7 Å². The maximum atomic E-state index is 12.4. The van der Waals surface area contributed by atoms with Crippen LogP contribution in [0.1, 0.15) is 32.8 Å². The number of carboxylic acid groups (broad SMARTS) is 1. The Morgan fingerprint density at radius 2 is 1.73 bits per heavy atom. The number of amides is 1. The summed E-state index contributed by atoms with van der Waals surface area (Å²) in [6.45, 7) is 7.83. The molecule has 1 amide bonds. The van der Waals surface area contributed by atoms with Gasteiger partial charge >= 0.3 is 5.97 Å². The Hall–Kier alpha value is -2.04. The fourth-order valence-electron chi connectivity index (χ4n) is 2.47. The predicted octanol–water partition coefficient (Wildman–Crippen LogP) is 2.40. The Labute approximate surface area is 132 Å². The molecule has 0 bridgehead atoms. The molecule has 122 valence electrons. The lowest BCUT2D eigenvalue weighted by Crippen LogP contribution is -2.41. The fraction of sp³-hybridized carbons (Fsp3) is 0.529. The molecule has 0 radical (unpaired) electrons. The molecule has 1 rings (SSSR count). The van der Waals surface area contributed by atoms with Crippen molar-refractivity contribution in [1.29, 1.82) is 0 Å². The number of carboxylic acids is 1. The van der Waals surface area contributed by atoms with Gasteiger partial charge in [-0.15, -0.1) is 0 Å². The molecule has 22 heavy (non-hydrogen) atoms. The van der Waals surface area contributed by atoms with Crippen LogP contribution in [-0.2, 0) is 16.0 Å². The summed E-state index contributed by atoms with van der Waals surface area (Å²) in [6, 6.07) is 7.86.